The number of ether oxygens (including phenoxy) is 1. The Hall–Kier alpha value is -1.75. The second-order valence-electron chi connectivity index (χ2n) is 4.89. The summed E-state index contributed by atoms with van der Waals surface area (Å²) < 4.78 is 5.13. The molecule has 1 aliphatic rings. The highest BCUT2D eigenvalue weighted by atomic mass is 16.5. The Morgan fingerprint density at radius 1 is 1.32 bits per heavy atom. The van der Waals surface area contributed by atoms with Gasteiger partial charge in [0, 0.05) is 32.4 Å². The number of hydrogen-bond donors (Lipinski definition) is 2. The molecule has 0 bridgehead atoms. The minimum absolute atomic E-state index is 0.105. The Labute approximate surface area is 112 Å². The lowest BCUT2D eigenvalue weighted by Crippen LogP contribution is -2.39. The third kappa shape index (κ3) is 3.17. The molecule has 5 heteroatoms. The van der Waals surface area contributed by atoms with E-state index >= 15 is 0 Å². The predicted molar refractivity (Wildman–Crippen MR) is 70.3 cm³/mol. The molecule has 104 valence electrons. The second-order valence-corrected chi connectivity index (χ2v) is 4.89. The lowest BCUT2D eigenvalue weighted by molar-refractivity contribution is 0.0613. The maximum Gasteiger partial charge on any atom is 0.253 e. The van der Waals surface area contributed by atoms with Crippen LogP contribution in [-0.2, 0) is 4.74 Å². The number of carbonyl (C=O) groups is 1. The van der Waals surface area contributed by atoms with Crippen LogP contribution >= 0.6 is 0 Å². The Kier molecular flexibility index (Phi) is 4.27. The first-order valence-electron chi connectivity index (χ1n) is 6.42. The lowest BCUT2D eigenvalue weighted by atomic mass is 9.97. The monoisotopic (exact) mass is 265 g/mol. The molecule has 1 heterocycles. The van der Waals surface area contributed by atoms with Crippen molar-refractivity contribution in [3.8, 4) is 11.5 Å². The minimum atomic E-state index is -0.264. The van der Waals surface area contributed by atoms with Crippen LogP contribution in [-0.4, -0.2) is 47.8 Å². The number of rotatable bonds is 3. The number of amides is 1. The van der Waals surface area contributed by atoms with Gasteiger partial charge in [0.05, 0.1) is 0 Å². The van der Waals surface area contributed by atoms with Crippen LogP contribution in [0.3, 0.4) is 0 Å². The average Bonchev–Trinajstić information content (AvgIpc) is 2.42. The predicted octanol–water partition coefficient (Wildman–Crippen LogP) is 1.60. The first-order valence-corrected chi connectivity index (χ1v) is 6.42. The highest BCUT2D eigenvalue weighted by Crippen LogP contribution is 2.26. The van der Waals surface area contributed by atoms with Crippen LogP contribution in [0.1, 0.15) is 23.2 Å². The molecule has 0 atom stereocenters. The van der Waals surface area contributed by atoms with E-state index in [4.69, 9.17) is 4.74 Å². The zero-order valence-corrected chi connectivity index (χ0v) is 11.0. The highest BCUT2D eigenvalue weighted by molar-refractivity contribution is 5.94. The molecule has 1 fully saturated rings. The van der Waals surface area contributed by atoms with Crippen LogP contribution in [0.2, 0.25) is 0 Å². The maximum absolute atomic E-state index is 12.2. The summed E-state index contributed by atoms with van der Waals surface area (Å²) in [6.07, 6.45) is 1.87. The molecule has 2 N–H and O–H groups in total. The fraction of sp³-hybridized carbons (Fsp3) is 0.500. The number of hydrogen-bond acceptors (Lipinski definition) is 4. The summed E-state index contributed by atoms with van der Waals surface area (Å²) in [5, 5.41) is 18.7. The van der Waals surface area contributed by atoms with Crippen molar-refractivity contribution in [3.63, 3.8) is 0 Å². The standard InChI is InChI=1S/C14H19NO4/c1-19-9-10-4-6-15(7-5-10)14(18)11-2-3-12(16)13(17)8-11/h2-3,8,10,16-17H,4-7,9H2,1H3. The van der Waals surface area contributed by atoms with Crippen LogP contribution in [0.15, 0.2) is 18.2 Å². The normalized spacial score (nSPS) is 16.6. The van der Waals surface area contributed by atoms with Gasteiger partial charge in [0.25, 0.3) is 5.91 Å². The van der Waals surface area contributed by atoms with Crippen molar-refractivity contribution in [2.45, 2.75) is 12.8 Å². The summed E-state index contributed by atoms with van der Waals surface area (Å²) in [7, 11) is 1.69. The van der Waals surface area contributed by atoms with Crippen molar-refractivity contribution in [2.24, 2.45) is 5.92 Å². The third-order valence-electron chi connectivity index (χ3n) is 3.53. The molecule has 19 heavy (non-hydrogen) atoms. The van der Waals surface area contributed by atoms with Crippen LogP contribution in [0.4, 0.5) is 0 Å². The molecule has 1 aromatic rings. The summed E-state index contributed by atoms with van der Waals surface area (Å²) in [5.41, 5.74) is 0.403. The quantitative estimate of drug-likeness (QED) is 0.814. The van der Waals surface area contributed by atoms with Gasteiger partial charge in [-0.3, -0.25) is 4.79 Å². The van der Waals surface area contributed by atoms with Crippen LogP contribution < -0.4 is 0 Å². The molecule has 0 saturated carbocycles. The van der Waals surface area contributed by atoms with Crippen LogP contribution in [0.5, 0.6) is 11.5 Å². The van der Waals surface area contributed by atoms with E-state index in [0.29, 0.717) is 24.6 Å². The van der Waals surface area contributed by atoms with Gasteiger partial charge in [0.2, 0.25) is 0 Å². The molecule has 1 saturated heterocycles. The Morgan fingerprint density at radius 2 is 2.00 bits per heavy atom. The van der Waals surface area contributed by atoms with Crippen molar-refractivity contribution in [2.75, 3.05) is 26.8 Å². The molecule has 1 aliphatic heterocycles. The lowest BCUT2D eigenvalue weighted by Gasteiger charge is -2.31. The molecule has 0 radical (unpaired) electrons. The van der Waals surface area contributed by atoms with Gasteiger partial charge in [0.1, 0.15) is 0 Å². The van der Waals surface area contributed by atoms with E-state index in [2.05, 4.69) is 0 Å². The van der Waals surface area contributed by atoms with E-state index in [-0.39, 0.29) is 17.4 Å². The van der Waals surface area contributed by atoms with Gasteiger partial charge in [-0.2, -0.15) is 0 Å². The van der Waals surface area contributed by atoms with Gasteiger partial charge in [-0.25, -0.2) is 0 Å². The Bertz CT molecular complexity index is 453. The SMILES string of the molecule is COCC1CCN(C(=O)c2ccc(O)c(O)c2)CC1. The highest BCUT2D eigenvalue weighted by Gasteiger charge is 2.23. The summed E-state index contributed by atoms with van der Waals surface area (Å²) in [6.45, 7) is 2.14. The van der Waals surface area contributed by atoms with Crippen LogP contribution in [0, 0.1) is 5.92 Å². The van der Waals surface area contributed by atoms with E-state index < -0.39 is 0 Å². The molecule has 0 spiro atoms. The average molecular weight is 265 g/mol. The number of phenols is 2. The topological polar surface area (TPSA) is 70.0 Å². The number of nitrogens with zero attached hydrogens (tertiary/aromatic N) is 1. The molecule has 1 amide bonds. The fourth-order valence-corrected chi connectivity index (χ4v) is 2.38. The van der Waals surface area contributed by atoms with Gasteiger partial charge in [-0.1, -0.05) is 0 Å². The van der Waals surface area contributed by atoms with Gasteiger partial charge >= 0.3 is 0 Å². The van der Waals surface area contributed by atoms with E-state index in [9.17, 15) is 15.0 Å². The largest absolute Gasteiger partial charge is 0.504 e. The van der Waals surface area contributed by atoms with Gasteiger partial charge < -0.3 is 19.8 Å². The first-order chi connectivity index (χ1) is 9.11. The van der Waals surface area contributed by atoms with E-state index in [1.807, 2.05) is 0 Å². The molecule has 0 unspecified atom stereocenters. The Balaban J connectivity index is 1.99. The van der Waals surface area contributed by atoms with E-state index in [1.165, 1.54) is 18.2 Å². The summed E-state index contributed by atoms with van der Waals surface area (Å²) in [4.78, 5) is 14.0. The van der Waals surface area contributed by atoms with E-state index in [1.54, 1.807) is 12.0 Å². The Morgan fingerprint density at radius 3 is 2.58 bits per heavy atom. The van der Waals surface area contributed by atoms with Gasteiger partial charge in [0.15, 0.2) is 11.5 Å². The van der Waals surface area contributed by atoms with E-state index in [0.717, 1.165) is 19.4 Å². The van der Waals surface area contributed by atoms with Gasteiger partial charge in [-0.05, 0) is 37.0 Å². The third-order valence-corrected chi connectivity index (χ3v) is 3.53. The summed E-state index contributed by atoms with van der Waals surface area (Å²) in [6, 6.07) is 4.16. The fourth-order valence-electron chi connectivity index (χ4n) is 2.38. The molecular weight excluding hydrogens is 246 g/mol. The number of likely N-dealkylation sites (tertiary alicyclic amines) is 1. The maximum atomic E-state index is 12.2. The van der Waals surface area contributed by atoms with Crippen LogP contribution in [0.25, 0.3) is 0 Å². The van der Waals surface area contributed by atoms with Crippen molar-refractivity contribution >= 4 is 5.91 Å². The van der Waals surface area contributed by atoms with Gasteiger partial charge in [-0.15, -0.1) is 0 Å². The smallest absolute Gasteiger partial charge is 0.253 e. The molecule has 1 aromatic carbocycles. The molecule has 5 nitrogen and oxygen atoms in total. The molecule has 0 aliphatic carbocycles. The molecule has 0 aromatic heterocycles. The van der Waals surface area contributed by atoms with Crippen molar-refractivity contribution in [3.05, 3.63) is 23.8 Å². The number of carbonyl (C=O) groups excluding carboxylic acids is 1. The first kappa shape index (κ1) is 13.7. The minimum Gasteiger partial charge on any atom is -0.504 e. The number of benzene rings is 1. The zero-order chi connectivity index (χ0) is 13.8. The number of piperidine rings is 1. The van der Waals surface area contributed by atoms with Crippen molar-refractivity contribution in [1.82, 2.24) is 4.90 Å². The van der Waals surface area contributed by atoms with Crippen molar-refractivity contribution in [1.29, 1.82) is 0 Å². The molecular formula is C14H19NO4. The molecule has 2 rings (SSSR count). The van der Waals surface area contributed by atoms with Crippen molar-refractivity contribution < 1.29 is 19.7 Å². The summed E-state index contributed by atoms with van der Waals surface area (Å²) >= 11 is 0. The number of aromatic hydroxyl groups is 2. The number of phenolic OH excluding ortho intramolecular Hbond substituents is 2. The number of methoxy groups -OCH3 is 1. The second kappa shape index (κ2) is 5.93. The zero-order valence-electron chi connectivity index (χ0n) is 11.0. The summed E-state index contributed by atoms with van der Waals surface area (Å²) in [5.74, 6) is -0.0658.